The Morgan fingerprint density at radius 2 is 2.05 bits per heavy atom. The van der Waals surface area contributed by atoms with Gasteiger partial charge < -0.3 is 5.11 Å². The van der Waals surface area contributed by atoms with Crippen molar-refractivity contribution in [3.05, 3.63) is 46.5 Å². The van der Waals surface area contributed by atoms with Crippen LogP contribution in [0.15, 0.2) is 30.3 Å². The summed E-state index contributed by atoms with van der Waals surface area (Å²) < 4.78 is 0. The standard InChI is InChI=1S/C16H14N2O2S/c1-3-11-14(16(19)20)21-15(18-11)13-8-9(2)10-6-4-5-7-12(10)17-13/h4-8H,3H2,1-2H3,(H,19,20). The van der Waals surface area contributed by atoms with E-state index in [1.807, 2.05) is 44.2 Å². The second-order valence-corrected chi connectivity index (χ2v) is 5.79. The normalized spacial score (nSPS) is 11.0. The topological polar surface area (TPSA) is 63.1 Å². The van der Waals surface area contributed by atoms with Gasteiger partial charge in [-0.25, -0.2) is 14.8 Å². The zero-order valence-corrected chi connectivity index (χ0v) is 12.6. The Morgan fingerprint density at radius 1 is 1.29 bits per heavy atom. The average molecular weight is 298 g/mol. The lowest BCUT2D eigenvalue weighted by atomic mass is 10.1. The van der Waals surface area contributed by atoms with E-state index >= 15 is 0 Å². The molecule has 0 radical (unpaired) electrons. The van der Waals surface area contributed by atoms with Crippen molar-refractivity contribution >= 4 is 28.2 Å². The van der Waals surface area contributed by atoms with E-state index in [4.69, 9.17) is 0 Å². The number of hydrogen-bond donors (Lipinski definition) is 1. The molecule has 0 spiro atoms. The van der Waals surface area contributed by atoms with Gasteiger partial charge in [0, 0.05) is 5.39 Å². The van der Waals surface area contributed by atoms with Gasteiger partial charge in [-0.3, -0.25) is 0 Å². The van der Waals surface area contributed by atoms with Crippen LogP contribution in [0.25, 0.3) is 21.6 Å². The molecule has 0 fully saturated rings. The molecule has 0 unspecified atom stereocenters. The molecule has 21 heavy (non-hydrogen) atoms. The van der Waals surface area contributed by atoms with E-state index in [1.54, 1.807) is 0 Å². The second-order valence-electron chi connectivity index (χ2n) is 4.80. The van der Waals surface area contributed by atoms with E-state index in [0.717, 1.165) is 22.2 Å². The van der Waals surface area contributed by atoms with Crippen LogP contribution in [0.5, 0.6) is 0 Å². The molecule has 0 aliphatic rings. The van der Waals surface area contributed by atoms with E-state index in [-0.39, 0.29) is 0 Å². The first-order valence-corrected chi connectivity index (χ1v) is 7.51. The zero-order chi connectivity index (χ0) is 15.0. The van der Waals surface area contributed by atoms with Crippen LogP contribution in [0.1, 0.15) is 27.9 Å². The molecule has 106 valence electrons. The summed E-state index contributed by atoms with van der Waals surface area (Å²) in [5, 5.41) is 11.0. The number of hydrogen-bond acceptors (Lipinski definition) is 4. The van der Waals surface area contributed by atoms with Gasteiger partial charge >= 0.3 is 5.97 Å². The van der Waals surface area contributed by atoms with Gasteiger partial charge in [0.2, 0.25) is 0 Å². The van der Waals surface area contributed by atoms with Gasteiger partial charge in [0.15, 0.2) is 0 Å². The minimum Gasteiger partial charge on any atom is -0.477 e. The van der Waals surface area contributed by atoms with Crippen LogP contribution >= 0.6 is 11.3 Å². The number of carbonyl (C=O) groups is 1. The molecule has 3 aromatic rings. The van der Waals surface area contributed by atoms with Gasteiger partial charge in [0.25, 0.3) is 0 Å². The van der Waals surface area contributed by atoms with E-state index in [2.05, 4.69) is 9.97 Å². The van der Waals surface area contributed by atoms with Crippen LogP contribution in [-0.4, -0.2) is 21.0 Å². The maximum absolute atomic E-state index is 11.3. The van der Waals surface area contributed by atoms with Crippen molar-refractivity contribution in [3.8, 4) is 10.7 Å². The lowest BCUT2D eigenvalue weighted by Gasteiger charge is -2.04. The summed E-state index contributed by atoms with van der Waals surface area (Å²) in [5.41, 5.74) is 3.37. The predicted molar refractivity (Wildman–Crippen MR) is 83.9 cm³/mol. The Hall–Kier alpha value is -2.27. The van der Waals surface area contributed by atoms with Crippen LogP contribution in [0.4, 0.5) is 0 Å². The first-order chi connectivity index (χ1) is 10.1. The molecule has 3 rings (SSSR count). The minimum atomic E-state index is -0.923. The fraction of sp³-hybridized carbons (Fsp3) is 0.188. The number of thiazole rings is 1. The molecule has 0 saturated carbocycles. The number of nitrogens with zero attached hydrogens (tertiary/aromatic N) is 2. The zero-order valence-electron chi connectivity index (χ0n) is 11.8. The highest BCUT2D eigenvalue weighted by Crippen LogP contribution is 2.30. The molecule has 0 amide bonds. The first kappa shape index (κ1) is 13.7. The van der Waals surface area contributed by atoms with Gasteiger partial charge in [-0.15, -0.1) is 11.3 Å². The summed E-state index contributed by atoms with van der Waals surface area (Å²) >= 11 is 1.19. The Kier molecular flexibility index (Phi) is 3.43. The summed E-state index contributed by atoms with van der Waals surface area (Å²) in [6.07, 6.45) is 0.602. The number of carboxylic acid groups (broad SMARTS) is 1. The SMILES string of the molecule is CCc1nc(-c2cc(C)c3ccccc3n2)sc1C(=O)O. The Balaban J connectivity index is 2.18. The Labute approximate surface area is 126 Å². The smallest absolute Gasteiger partial charge is 0.347 e. The molecule has 0 aliphatic carbocycles. The van der Waals surface area contributed by atoms with E-state index in [1.165, 1.54) is 11.3 Å². The van der Waals surface area contributed by atoms with Gasteiger partial charge in [-0.05, 0) is 31.0 Å². The molecular formula is C16H14N2O2S. The third-order valence-electron chi connectivity index (χ3n) is 3.37. The summed E-state index contributed by atoms with van der Waals surface area (Å²) in [4.78, 5) is 20.6. The molecule has 5 heteroatoms. The van der Waals surface area contributed by atoms with E-state index in [9.17, 15) is 9.90 Å². The highest BCUT2D eigenvalue weighted by molar-refractivity contribution is 7.17. The van der Waals surface area contributed by atoms with Gasteiger partial charge in [0.1, 0.15) is 9.88 Å². The summed E-state index contributed by atoms with van der Waals surface area (Å²) in [6, 6.07) is 9.88. The summed E-state index contributed by atoms with van der Waals surface area (Å²) in [5.74, 6) is -0.923. The fourth-order valence-electron chi connectivity index (χ4n) is 2.33. The fourth-order valence-corrected chi connectivity index (χ4v) is 3.28. The third kappa shape index (κ3) is 2.40. The van der Waals surface area contributed by atoms with E-state index in [0.29, 0.717) is 22.0 Å². The van der Waals surface area contributed by atoms with Gasteiger partial charge in [-0.1, -0.05) is 25.1 Å². The number of carboxylic acids is 1. The van der Waals surface area contributed by atoms with Crippen molar-refractivity contribution in [3.63, 3.8) is 0 Å². The lowest BCUT2D eigenvalue weighted by molar-refractivity contribution is 0.0701. The Morgan fingerprint density at radius 3 is 2.71 bits per heavy atom. The van der Waals surface area contributed by atoms with Crippen LogP contribution in [-0.2, 0) is 6.42 Å². The maximum Gasteiger partial charge on any atom is 0.347 e. The number of aromatic nitrogens is 2. The van der Waals surface area contributed by atoms with Gasteiger partial charge in [-0.2, -0.15) is 0 Å². The highest BCUT2D eigenvalue weighted by Gasteiger charge is 2.18. The molecule has 0 aliphatic heterocycles. The number of benzene rings is 1. The molecule has 2 aromatic heterocycles. The molecule has 0 atom stereocenters. The van der Waals surface area contributed by atoms with Crippen molar-refractivity contribution in [2.75, 3.05) is 0 Å². The monoisotopic (exact) mass is 298 g/mol. The molecule has 2 heterocycles. The highest BCUT2D eigenvalue weighted by atomic mass is 32.1. The van der Waals surface area contributed by atoms with Crippen molar-refractivity contribution in [1.82, 2.24) is 9.97 Å². The van der Waals surface area contributed by atoms with Crippen LogP contribution in [0.2, 0.25) is 0 Å². The number of aryl methyl sites for hydroxylation is 2. The number of para-hydroxylation sites is 1. The number of rotatable bonds is 3. The maximum atomic E-state index is 11.3. The first-order valence-electron chi connectivity index (χ1n) is 6.70. The van der Waals surface area contributed by atoms with Crippen molar-refractivity contribution < 1.29 is 9.90 Å². The molecule has 1 aromatic carbocycles. The molecule has 4 nitrogen and oxygen atoms in total. The molecule has 1 N–H and O–H groups in total. The van der Waals surface area contributed by atoms with E-state index < -0.39 is 5.97 Å². The largest absolute Gasteiger partial charge is 0.477 e. The van der Waals surface area contributed by atoms with Crippen LogP contribution < -0.4 is 0 Å². The predicted octanol–water partition coefficient (Wildman–Crippen LogP) is 3.93. The summed E-state index contributed by atoms with van der Waals surface area (Å²) in [6.45, 7) is 3.93. The molecule has 0 bridgehead atoms. The lowest BCUT2D eigenvalue weighted by Crippen LogP contribution is -1.97. The quantitative estimate of drug-likeness (QED) is 0.796. The number of aromatic carboxylic acids is 1. The Bertz CT molecular complexity index is 839. The minimum absolute atomic E-state index is 0.306. The van der Waals surface area contributed by atoms with Crippen molar-refractivity contribution in [2.45, 2.75) is 20.3 Å². The molecule has 0 saturated heterocycles. The average Bonchev–Trinajstić information content (AvgIpc) is 2.92. The van der Waals surface area contributed by atoms with Crippen LogP contribution in [0, 0.1) is 6.92 Å². The van der Waals surface area contributed by atoms with Crippen molar-refractivity contribution in [1.29, 1.82) is 0 Å². The summed E-state index contributed by atoms with van der Waals surface area (Å²) in [7, 11) is 0. The van der Waals surface area contributed by atoms with Crippen molar-refractivity contribution in [2.24, 2.45) is 0 Å². The second kappa shape index (κ2) is 5.26. The van der Waals surface area contributed by atoms with Gasteiger partial charge in [0.05, 0.1) is 16.9 Å². The van der Waals surface area contributed by atoms with Crippen LogP contribution in [0.3, 0.4) is 0 Å². The number of pyridine rings is 1. The molecular weight excluding hydrogens is 284 g/mol. The third-order valence-corrected chi connectivity index (χ3v) is 4.48. The number of fused-ring (bicyclic) bond motifs is 1.